The topological polar surface area (TPSA) is 84.2 Å². The molecule has 1 atom stereocenters. The summed E-state index contributed by atoms with van der Waals surface area (Å²) in [5.74, 6) is -0.479. The monoisotopic (exact) mass is 187 g/mol. The van der Waals surface area contributed by atoms with Crippen LogP contribution in [0, 0.1) is 0 Å². The van der Waals surface area contributed by atoms with Gasteiger partial charge in [-0.15, -0.1) is 0 Å². The van der Waals surface area contributed by atoms with E-state index in [9.17, 15) is 9.59 Å². The average molecular weight is 187 g/mol. The van der Waals surface area contributed by atoms with Gasteiger partial charge in [-0.3, -0.25) is 9.59 Å². The first-order valence-corrected chi connectivity index (χ1v) is 4.41. The minimum absolute atomic E-state index is 0.000370. The maximum atomic E-state index is 11.1. The standard InChI is InChI=1S/C8H17N3O2/c1-3-6(9)8(13)11-5-7(12)10-4-2/h6H,3-5,9H2,1-2H3,(H,10,12)(H,11,13)/t6-/m0/s1. The van der Waals surface area contributed by atoms with E-state index in [2.05, 4.69) is 10.6 Å². The van der Waals surface area contributed by atoms with Crippen molar-refractivity contribution in [3.8, 4) is 0 Å². The summed E-state index contributed by atoms with van der Waals surface area (Å²) in [6, 6.07) is -0.519. The van der Waals surface area contributed by atoms with Crippen molar-refractivity contribution in [1.82, 2.24) is 10.6 Å². The Bertz CT molecular complexity index is 182. The number of hydrogen-bond acceptors (Lipinski definition) is 3. The molecule has 5 heteroatoms. The van der Waals surface area contributed by atoms with E-state index >= 15 is 0 Å². The molecule has 0 aromatic rings. The molecule has 4 N–H and O–H groups in total. The molecule has 0 aliphatic heterocycles. The van der Waals surface area contributed by atoms with Crippen molar-refractivity contribution in [3.63, 3.8) is 0 Å². The highest BCUT2D eigenvalue weighted by Gasteiger charge is 2.11. The van der Waals surface area contributed by atoms with Crippen molar-refractivity contribution < 1.29 is 9.59 Å². The van der Waals surface area contributed by atoms with Crippen LogP contribution in [0.15, 0.2) is 0 Å². The highest BCUT2D eigenvalue weighted by atomic mass is 16.2. The SMILES string of the molecule is CCNC(=O)CNC(=O)[C@@H](N)CC. The summed E-state index contributed by atoms with van der Waals surface area (Å²) < 4.78 is 0. The van der Waals surface area contributed by atoms with Gasteiger partial charge in [0.2, 0.25) is 11.8 Å². The molecule has 0 aliphatic rings. The zero-order valence-corrected chi connectivity index (χ0v) is 8.09. The lowest BCUT2D eigenvalue weighted by Crippen LogP contribution is -2.44. The van der Waals surface area contributed by atoms with Crippen LogP contribution in [0.25, 0.3) is 0 Å². The van der Waals surface area contributed by atoms with Crippen LogP contribution in [0.1, 0.15) is 20.3 Å². The van der Waals surface area contributed by atoms with Gasteiger partial charge in [0.15, 0.2) is 0 Å². The predicted octanol–water partition coefficient (Wildman–Crippen LogP) is -1.02. The van der Waals surface area contributed by atoms with Crippen LogP contribution in [-0.4, -0.2) is 30.9 Å². The van der Waals surface area contributed by atoms with Gasteiger partial charge in [-0.05, 0) is 13.3 Å². The molecule has 13 heavy (non-hydrogen) atoms. The van der Waals surface area contributed by atoms with E-state index in [4.69, 9.17) is 5.73 Å². The second-order valence-corrected chi connectivity index (χ2v) is 2.69. The molecule has 0 bridgehead atoms. The maximum Gasteiger partial charge on any atom is 0.239 e. The number of nitrogens with one attached hydrogen (secondary N) is 2. The first kappa shape index (κ1) is 11.9. The van der Waals surface area contributed by atoms with Gasteiger partial charge in [-0.1, -0.05) is 6.92 Å². The summed E-state index contributed by atoms with van der Waals surface area (Å²) in [6.07, 6.45) is 0.571. The quantitative estimate of drug-likeness (QED) is 0.515. The Balaban J connectivity index is 3.63. The van der Waals surface area contributed by atoms with Gasteiger partial charge >= 0.3 is 0 Å². The lowest BCUT2D eigenvalue weighted by atomic mass is 10.2. The molecular weight excluding hydrogens is 170 g/mol. The van der Waals surface area contributed by atoms with E-state index in [1.54, 1.807) is 0 Å². The highest BCUT2D eigenvalue weighted by Crippen LogP contribution is 1.84. The van der Waals surface area contributed by atoms with Crippen LogP contribution in [0.4, 0.5) is 0 Å². The molecule has 5 nitrogen and oxygen atoms in total. The fourth-order valence-corrected chi connectivity index (χ4v) is 0.744. The van der Waals surface area contributed by atoms with Crippen LogP contribution in [0.3, 0.4) is 0 Å². The molecule has 0 aliphatic carbocycles. The van der Waals surface area contributed by atoms with Crippen LogP contribution in [0.5, 0.6) is 0 Å². The minimum Gasteiger partial charge on any atom is -0.355 e. The molecule has 0 aromatic carbocycles. The second kappa shape index (κ2) is 6.42. The lowest BCUT2D eigenvalue weighted by molar-refractivity contribution is -0.126. The Kier molecular flexibility index (Phi) is 5.88. The molecule has 0 radical (unpaired) electrons. The molecule has 0 unspecified atom stereocenters. The fraction of sp³-hybridized carbons (Fsp3) is 0.750. The predicted molar refractivity (Wildman–Crippen MR) is 50.0 cm³/mol. The van der Waals surface area contributed by atoms with Crippen molar-refractivity contribution in [2.75, 3.05) is 13.1 Å². The normalized spacial score (nSPS) is 11.9. The van der Waals surface area contributed by atoms with Crippen molar-refractivity contribution >= 4 is 11.8 Å². The van der Waals surface area contributed by atoms with Gasteiger partial charge in [0.05, 0.1) is 12.6 Å². The summed E-state index contributed by atoms with van der Waals surface area (Å²) in [7, 11) is 0. The molecular formula is C8H17N3O2. The van der Waals surface area contributed by atoms with E-state index in [-0.39, 0.29) is 18.4 Å². The Labute approximate surface area is 78.1 Å². The Morgan fingerprint density at radius 3 is 2.38 bits per heavy atom. The number of nitrogens with two attached hydrogens (primary N) is 1. The van der Waals surface area contributed by atoms with Gasteiger partial charge in [-0.2, -0.15) is 0 Å². The number of rotatable bonds is 5. The van der Waals surface area contributed by atoms with Crippen LogP contribution < -0.4 is 16.4 Å². The van der Waals surface area contributed by atoms with Crippen molar-refractivity contribution in [2.24, 2.45) is 5.73 Å². The minimum atomic E-state index is -0.519. The molecule has 0 aromatic heterocycles. The molecule has 0 rings (SSSR count). The average Bonchev–Trinajstić information content (AvgIpc) is 2.13. The zero-order chi connectivity index (χ0) is 10.3. The van der Waals surface area contributed by atoms with Crippen molar-refractivity contribution in [3.05, 3.63) is 0 Å². The number of hydrogen-bond donors (Lipinski definition) is 3. The third kappa shape index (κ3) is 5.19. The van der Waals surface area contributed by atoms with Gasteiger partial charge in [0.1, 0.15) is 0 Å². The molecule has 0 spiro atoms. The van der Waals surface area contributed by atoms with Gasteiger partial charge in [0.25, 0.3) is 0 Å². The maximum absolute atomic E-state index is 11.1. The van der Waals surface area contributed by atoms with Crippen molar-refractivity contribution in [1.29, 1.82) is 0 Å². The summed E-state index contributed by atoms with van der Waals surface area (Å²) in [5, 5.41) is 5.01. The fourth-order valence-electron chi connectivity index (χ4n) is 0.744. The largest absolute Gasteiger partial charge is 0.355 e. The van der Waals surface area contributed by atoms with E-state index in [0.29, 0.717) is 13.0 Å². The third-order valence-corrected chi connectivity index (χ3v) is 1.57. The molecule has 0 heterocycles. The van der Waals surface area contributed by atoms with E-state index in [0.717, 1.165) is 0 Å². The summed E-state index contributed by atoms with van der Waals surface area (Å²) in [6.45, 7) is 4.20. The third-order valence-electron chi connectivity index (χ3n) is 1.57. The van der Waals surface area contributed by atoms with E-state index < -0.39 is 6.04 Å². The van der Waals surface area contributed by atoms with E-state index in [1.165, 1.54) is 0 Å². The molecule has 2 amide bonds. The Morgan fingerprint density at radius 1 is 1.31 bits per heavy atom. The molecule has 76 valence electrons. The summed E-state index contributed by atoms with van der Waals surface area (Å²) in [5.41, 5.74) is 5.43. The number of carbonyl (C=O) groups is 2. The molecule has 0 saturated heterocycles. The van der Waals surface area contributed by atoms with Crippen LogP contribution in [-0.2, 0) is 9.59 Å². The molecule has 0 saturated carbocycles. The summed E-state index contributed by atoms with van der Waals surface area (Å²) in [4.78, 5) is 22.0. The highest BCUT2D eigenvalue weighted by molar-refractivity contribution is 5.87. The number of carbonyl (C=O) groups excluding carboxylic acids is 2. The summed E-state index contributed by atoms with van der Waals surface area (Å²) >= 11 is 0. The first-order chi connectivity index (χ1) is 6.11. The smallest absolute Gasteiger partial charge is 0.239 e. The van der Waals surface area contributed by atoms with E-state index in [1.807, 2.05) is 13.8 Å². The van der Waals surface area contributed by atoms with Gasteiger partial charge in [0, 0.05) is 6.54 Å². The van der Waals surface area contributed by atoms with Crippen LogP contribution >= 0.6 is 0 Å². The zero-order valence-electron chi connectivity index (χ0n) is 8.09. The Hall–Kier alpha value is -1.10. The lowest BCUT2D eigenvalue weighted by Gasteiger charge is -2.09. The van der Waals surface area contributed by atoms with Crippen LogP contribution in [0.2, 0.25) is 0 Å². The van der Waals surface area contributed by atoms with Gasteiger partial charge < -0.3 is 16.4 Å². The Morgan fingerprint density at radius 2 is 1.92 bits per heavy atom. The number of likely N-dealkylation sites (N-methyl/N-ethyl adjacent to an activating group) is 1. The number of amides is 2. The molecule has 0 fully saturated rings. The first-order valence-electron chi connectivity index (χ1n) is 4.41. The van der Waals surface area contributed by atoms with Crippen molar-refractivity contribution in [2.45, 2.75) is 26.3 Å². The second-order valence-electron chi connectivity index (χ2n) is 2.69. The van der Waals surface area contributed by atoms with Gasteiger partial charge in [-0.25, -0.2) is 0 Å².